The van der Waals surface area contributed by atoms with Crippen LogP contribution < -0.4 is 0 Å². The maximum Gasteiger partial charge on any atom is 0.157 e. The normalized spacial score (nSPS) is 48.9. The van der Waals surface area contributed by atoms with E-state index in [0.717, 1.165) is 77.4 Å². The monoisotopic (exact) mass is 584 g/mol. The van der Waals surface area contributed by atoms with E-state index >= 15 is 0 Å². The van der Waals surface area contributed by atoms with E-state index in [1.807, 2.05) is 0 Å². The second kappa shape index (κ2) is 13.3. The second-order valence-electron chi connectivity index (χ2n) is 14.1. The molecule has 10 aliphatic rings. The smallest absolute Gasteiger partial charge is 0.157 e. The molecule has 8 nitrogen and oxygen atoms in total. The molecular weight excluding hydrogens is 532 g/mol. The van der Waals surface area contributed by atoms with Crippen molar-refractivity contribution in [3.63, 3.8) is 0 Å². The summed E-state index contributed by atoms with van der Waals surface area (Å²) in [6.07, 6.45) is 24.2. The highest BCUT2D eigenvalue weighted by molar-refractivity contribution is 5.88. The Labute approximate surface area is 252 Å². The number of Topliss-reactive ketones (excluding diaryl/α,β-unsaturated/α-hetero) is 2. The largest absolute Gasteiger partial charge is 0.353 e. The molecule has 0 amide bonds. The van der Waals surface area contributed by atoms with Gasteiger partial charge in [-0.15, -0.1) is 12.8 Å². The van der Waals surface area contributed by atoms with Crippen molar-refractivity contribution >= 4 is 11.6 Å². The zero-order valence-corrected chi connectivity index (χ0v) is 25.7. The molecule has 0 aliphatic carbocycles. The van der Waals surface area contributed by atoms with Gasteiger partial charge < -0.3 is 18.9 Å². The van der Waals surface area contributed by atoms with Gasteiger partial charge >= 0.3 is 0 Å². The van der Waals surface area contributed by atoms with Crippen molar-refractivity contribution in [2.24, 2.45) is 11.8 Å². The minimum atomic E-state index is 0.0267. The molecule has 234 valence electrons. The van der Waals surface area contributed by atoms with Crippen LogP contribution in [0.2, 0.25) is 0 Å². The van der Waals surface area contributed by atoms with Crippen molar-refractivity contribution < 1.29 is 28.5 Å². The Morgan fingerprint density at radius 2 is 0.952 bits per heavy atom. The Morgan fingerprint density at radius 1 is 0.595 bits per heavy atom. The van der Waals surface area contributed by atoms with Crippen LogP contribution in [0.15, 0.2) is 0 Å². The topological polar surface area (TPSA) is 77.5 Å². The first-order valence-electron chi connectivity index (χ1n) is 16.9. The number of rotatable bonds is 4. The molecule has 0 spiro atoms. The van der Waals surface area contributed by atoms with Gasteiger partial charge in [0.25, 0.3) is 0 Å². The lowest BCUT2D eigenvalue weighted by Gasteiger charge is -2.57. The van der Waals surface area contributed by atoms with Crippen molar-refractivity contribution in [1.29, 1.82) is 0 Å². The van der Waals surface area contributed by atoms with E-state index in [9.17, 15) is 9.59 Å². The number of carbonyl (C=O) groups is 2. The van der Waals surface area contributed by atoms with E-state index in [0.29, 0.717) is 59.8 Å². The number of terminal acetylenes is 1. The van der Waals surface area contributed by atoms with Crippen molar-refractivity contribution in [3.8, 4) is 12.8 Å². The predicted molar refractivity (Wildman–Crippen MR) is 159 cm³/mol. The van der Waals surface area contributed by atoms with Crippen molar-refractivity contribution in [2.45, 2.75) is 165 Å². The van der Waals surface area contributed by atoms with Gasteiger partial charge in [-0.3, -0.25) is 19.4 Å². The summed E-state index contributed by atoms with van der Waals surface area (Å²) in [6.45, 7) is 5.89. The molecule has 8 unspecified atom stereocenters. The van der Waals surface area contributed by atoms with Crippen LogP contribution >= 0.6 is 0 Å². The van der Waals surface area contributed by atoms with Crippen LogP contribution in [0.1, 0.15) is 104 Å². The molecule has 0 N–H and O–H groups in total. The van der Waals surface area contributed by atoms with E-state index in [1.54, 1.807) is 0 Å². The van der Waals surface area contributed by atoms with Gasteiger partial charge in [0.2, 0.25) is 0 Å². The van der Waals surface area contributed by atoms with Gasteiger partial charge in [0.15, 0.2) is 24.1 Å². The van der Waals surface area contributed by atoms with Crippen LogP contribution in [0.25, 0.3) is 0 Å². The van der Waals surface area contributed by atoms with Crippen molar-refractivity contribution in [3.05, 3.63) is 0 Å². The summed E-state index contributed by atoms with van der Waals surface area (Å²) in [4.78, 5) is 29.2. The van der Waals surface area contributed by atoms with Gasteiger partial charge in [-0.05, 0) is 104 Å². The SMILES string of the molecule is C#C.CC1C(=O)C2CC3CC(OC4CCCCO4)CC(C2)N31.CC1C(=O)C2CC3CC(OC4CCCCO4)CC(C2)N31. The summed E-state index contributed by atoms with van der Waals surface area (Å²) >= 11 is 0. The van der Waals surface area contributed by atoms with E-state index < -0.39 is 0 Å². The first-order valence-corrected chi connectivity index (χ1v) is 16.9. The van der Waals surface area contributed by atoms with E-state index in [1.165, 1.54) is 25.7 Å². The van der Waals surface area contributed by atoms with E-state index in [2.05, 4.69) is 36.5 Å². The third-order valence-electron chi connectivity index (χ3n) is 11.5. The summed E-state index contributed by atoms with van der Waals surface area (Å²) in [7, 11) is 0. The number of ether oxygens (including phenoxy) is 4. The first kappa shape index (κ1) is 30.7. The first-order chi connectivity index (χ1) is 20.4. The van der Waals surface area contributed by atoms with Gasteiger partial charge in [0.05, 0.1) is 24.3 Å². The molecule has 0 radical (unpaired) electrons. The quantitative estimate of drug-likeness (QED) is 0.448. The third-order valence-corrected chi connectivity index (χ3v) is 11.5. The number of piperidine rings is 8. The number of ketones is 2. The number of hydrogen-bond donors (Lipinski definition) is 0. The summed E-state index contributed by atoms with van der Waals surface area (Å²) in [6, 6.07) is 2.54. The Kier molecular flexibility index (Phi) is 9.74. The minimum absolute atomic E-state index is 0.0267. The molecule has 8 atom stereocenters. The van der Waals surface area contributed by atoms with Crippen LogP contribution in [0, 0.1) is 24.7 Å². The lowest BCUT2D eigenvalue weighted by atomic mass is 9.69. The molecule has 10 saturated heterocycles. The Bertz CT molecular complexity index is 862. The van der Waals surface area contributed by atoms with Crippen LogP contribution in [-0.2, 0) is 28.5 Å². The van der Waals surface area contributed by atoms with Gasteiger partial charge in [0, 0.05) is 49.2 Å². The molecule has 10 heterocycles. The molecule has 0 aromatic rings. The van der Waals surface area contributed by atoms with Crippen LogP contribution in [0.4, 0.5) is 0 Å². The lowest BCUT2D eigenvalue weighted by molar-refractivity contribution is -0.213. The average Bonchev–Trinajstić information content (AvgIpc) is 2.99. The summed E-state index contributed by atoms with van der Waals surface area (Å²) in [5.74, 6) is 1.62. The molecule has 0 saturated carbocycles. The maximum atomic E-state index is 12.1. The molecule has 8 heteroatoms. The highest BCUT2D eigenvalue weighted by atomic mass is 16.7. The number of carbonyl (C=O) groups excluding carboxylic acids is 2. The molecule has 0 aromatic heterocycles. The summed E-state index contributed by atoms with van der Waals surface area (Å²) < 4.78 is 23.8. The van der Waals surface area contributed by atoms with Crippen molar-refractivity contribution in [1.82, 2.24) is 9.80 Å². The molecular formula is C34H52N2O6. The van der Waals surface area contributed by atoms with E-state index in [-0.39, 0.29) is 24.7 Å². The van der Waals surface area contributed by atoms with E-state index in [4.69, 9.17) is 18.9 Å². The maximum absolute atomic E-state index is 12.1. The zero-order valence-electron chi connectivity index (χ0n) is 25.7. The van der Waals surface area contributed by atoms with Gasteiger partial charge in [-0.2, -0.15) is 0 Å². The van der Waals surface area contributed by atoms with Gasteiger partial charge in [-0.25, -0.2) is 0 Å². The Morgan fingerprint density at radius 3 is 1.24 bits per heavy atom. The fraction of sp³-hybridized carbons (Fsp3) is 0.882. The fourth-order valence-electron chi connectivity index (χ4n) is 9.86. The zero-order chi connectivity index (χ0) is 29.4. The van der Waals surface area contributed by atoms with Crippen LogP contribution in [0.3, 0.4) is 0 Å². The summed E-state index contributed by atoms with van der Waals surface area (Å²) in [5.41, 5.74) is 0. The van der Waals surface area contributed by atoms with Gasteiger partial charge in [-0.1, -0.05) is 0 Å². The Hall–Kier alpha value is -1.34. The third kappa shape index (κ3) is 6.12. The fourth-order valence-corrected chi connectivity index (χ4v) is 9.86. The van der Waals surface area contributed by atoms with Crippen LogP contribution in [0.5, 0.6) is 0 Å². The highest BCUT2D eigenvalue weighted by Gasteiger charge is 2.53. The van der Waals surface area contributed by atoms with Crippen LogP contribution in [-0.4, -0.2) is 95.6 Å². The number of nitrogens with zero attached hydrogens (tertiary/aromatic N) is 2. The molecule has 42 heavy (non-hydrogen) atoms. The second-order valence-corrected chi connectivity index (χ2v) is 14.1. The molecule has 8 bridgehead atoms. The average molecular weight is 585 g/mol. The Balaban J connectivity index is 0.000000142. The highest BCUT2D eigenvalue weighted by Crippen LogP contribution is 2.46. The molecule has 10 rings (SSSR count). The molecule has 10 aliphatic heterocycles. The summed E-state index contributed by atoms with van der Waals surface area (Å²) in [5, 5.41) is 0. The predicted octanol–water partition coefficient (Wildman–Crippen LogP) is 4.47. The number of hydrogen-bond acceptors (Lipinski definition) is 8. The molecule has 0 aromatic carbocycles. The molecule has 10 fully saturated rings. The standard InChI is InChI=1S/2C16H25NO3.C2H2/c2*1-10-16(18)11-6-12-8-14(9-13(7-11)17(10)12)20-15-4-2-3-5-19-15;1-2/h2*10-15H,2-9H2,1H3;1-2H. The van der Waals surface area contributed by atoms with Gasteiger partial charge in [0.1, 0.15) is 0 Å². The minimum Gasteiger partial charge on any atom is -0.353 e. The van der Waals surface area contributed by atoms with Crippen molar-refractivity contribution in [2.75, 3.05) is 13.2 Å². The lowest BCUT2D eigenvalue weighted by Crippen LogP contribution is -2.67. The number of fused-ring (bicyclic) bond motifs is 2.